The number of hydrogen-bond donors (Lipinski definition) is 0. The highest BCUT2D eigenvalue weighted by Gasteiger charge is 1.84. The molecular weight excluding hydrogens is 140 g/mol. The smallest absolute Gasteiger partial charge is 0.226 e. The Morgan fingerprint density at radius 2 is 2.25 bits per heavy atom. The van der Waals surface area contributed by atoms with Gasteiger partial charge in [-0.25, -0.2) is 0 Å². The van der Waals surface area contributed by atoms with Crippen LogP contribution in [0.2, 0.25) is 6.55 Å². The minimum absolute atomic E-state index is 0.626. The molecule has 0 aromatic rings. The molecule has 0 rings (SSSR count). The van der Waals surface area contributed by atoms with Crippen molar-refractivity contribution < 1.29 is 4.43 Å². The first kappa shape index (κ1) is 8.47. The number of unbranched alkanes of at least 4 members (excludes halogenated alkanes) is 1. The summed E-state index contributed by atoms with van der Waals surface area (Å²) >= 11 is 5.43. The van der Waals surface area contributed by atoms with Gasteiger partial charge in [-0.15, -0.1) is 11.6 Å². The van der Waals surface area contributed by atoms with Crippen LogP contribution in [-0.4, -0.2) is 22.3 Å². The Labute approximate surface area is 58.3 Å². The summed E-state index contributed by atoms with van der Waals surface area (Å²) in [4.78, 5) is 0. The van der Waals surface area contributed by atoms with Crippen LogP contribution in [0, 0.1) is 0 Å². The van der Waals surface area contributed by atoms with Gasteiger partial charge < -0.3 is 4.43 Å². The number of alkyl halides is 1. The van der Waals surface area contributed by atoms with Gasteiger partial charge in [0, 0.05) is 12.5 Å². The van der Waals surface area contributed by atoms with E-state index in [0.29, 0.717) is 9.76 Å². The summed E-state index contributed by atoms with van der Waals surface area (Å²) in [5.74, 6) is 0.760. The lowest BCUT2D eigenvalue weighted by atomic mass is 10.4. The molecule has 0 saturated heterocycles. The summed E-state index contributed by atoms with van der Waals surface area (Å²) in [6.07, 6.45) is 2.18. The SMILES string of the molecule is C[Si]OCCCCCl. The Kier molecular flexibility index (Phi) is 7.90. The van der Waals surface area contributed by atoms with E-state index in [-0.39, 0.29) is 0 Å². The molecule has 0 heterocycles. The highest BCUT2D eigenvalue weighted by atomic mass is 35.5. The molecule has 0 N–H and O–H groups in total. The molecule has 0 unspecified atom stereocenters. The van der Waals surface area contributed by atoms with Gasteiger partial charge in [-0.05, 0) is 19.4 Å². The average molecular weight is 151 g/mol. The maximum absolute atomic E-state index is 5.43. The van der Waals surface area contributed by atoms with Crippen LogP contribution in [0.15, 0.2) is 0 Å². The highest BCUT2D eigenvalue weighted by molar-refractivity contribution is 6.24. The van der Waals surface area contributed by atoms with Crippen molar-refractivity contribution in [3.8, 4) is 0 Å². The molecule has 0 aliphatic heterocycles. The first-order valence-corrected chi connectivity index (χ1v) is 4.70. The second-order valence-corrected chi connectivity index (χ2v) is 2.52. The zero-order chi connectivity index (χ0) is 6.24. The van der Waals surface area contributed by atoms with Gasteiger partial charge >= 0.3 is 0 Å². The highest BCUT2D eigenvalue weighted by Crippen LogP contribution is 1.90. The molecule has 2 radical (unpaired) electrons. The molecule has 48 valence electrons. The minimum atomic E-state index is 0.626. The zero-order valence-corrected chi connectivity index (χ0v) is 6.87. The predicted octanol–water partition coefficient (Wildman–Crippen LogP) is 1.69. The third kappa shape index (κ3) is 6.47. The molecule has 3 heteroatoms. The van der Waals surface area contributed by atoms with E-state index in [1.165, 1.54) is 0 Å². The molecular formula is C5H11ClOSi. The van der Waals surface area contributed by atoms with Gasteiger partial charge in [0.1, 0.15) is 0 Å². The molecule has 1 nitrogen and oxygen atoms in total. The number of halogens is 1. The molecule has 0 bridgehead atoms. The van der Waals surface area contributed by atoms with Crippen molar-refractivity contribution in [1.82, 2.24) is 0 Å². The molecule has 0 spiro atoms. The summed E-state index contributed by atoms with van der Waals surface area (Å²) in [6.45, 7) is 2.91. The second kappa shape index (κ2) is 7.47. The van der Waals surface area contributed by atoms with E-state index in [2.05, 4.69) is 0 Å². The van der Waals surface area contributed by atoms with Crippen molar-refractivity contribution in [3.63, 3.8) is 0 Å². The van der Waals surface area contributed by atoms with Crippen molar-refractivity contribution in [2.75, 3.05) is 12.5 Å². The van der Waals surface area contributed by atoms with E-state index >= 15 is 0 Å². The van der Waals surface area contributed by atoms with Crippen molar-refractivity contribution in [1.29, 1.82) is 0 Å². The number of hydrogen-bond acceptors (Lipinski definition) is 1. The molecule has 0 aliphatic rings. The van der Waals surface area contributed by atoms with Crippen LogP contribution in [0.1, 0.15) is 12.8 Å². The van der Waals surface area contributed by atoms with Crippen molar-refractivity contribution in [2.24, 2.45) is 0 Å². The normalized spacial score (nSPS) is 9.75. The van der Waals surface area contributed by atoms with E-state index in [1.54, 1.807) is 0 Å². The summed E-state index contributed by atoms with van der Waals surface area (Å²) in [5, 5.41) is 0. The Balaban J connectivity index is 2.53. The third-order valence-electron chi connectivity index (χ3n) is 0.774. The van der Waals surface area contributed by atoms with E-state index in [9.17, 15) is 0 Å². The quantitative estimate of drug-likeness (QED) is 0.329. The van der Waals surface area contributed by atoms with Crippen molar-refractivity contribution in [3.05, 3.63) is 0 Å². The van der Waals surface area contributed by atoms with Gasteiger partial charge in [0.25, 0.3) is 0 Å². The first-order chi connectivity index (χ1) is 3.91. The standard InChI is InChI=1S/C5H11ClOSi/c1-8-7-5-3-2-4-6/h2-5H2,1H3. The molecule has 0 aromatic heterocycles. The Morgan fingerprint density at radius 3 is 2.75 bits per heavy atom. The van der Waals surface area contributed by atoms with E-state index in [4.69, 9.17) is 16.0 Å². The fourth-order valence-corrected chi connectivity index (χ4v) is 0.908. The Morgan fingerprint density at radius 1 is 1.50 bits per heavy atom. The minimum Gasteiger partial charge on any atom is -0.418 e. The fraction of sp³-hybridized carbons (Fsp3) is 1.00. The molecule has 8 heavy (non-hydrogen) atoms. The summed E-state index contributed by atoms with van der Waals surface area (Å²) in [7, 11) is 0.626. The van der Waals surface area contributed by atoms with Gasteiger partial charge in [0.15, 0.2) is 0 Å². The molecule has 0 aliphatic carbocycles. The molecule has 0 aromatic carbocycles. The molecule has 0 fully saturated rings. The lowest BCUT2D eigenvalue weighted by molar-refractivity contribution is 0.329. The Hall–Kier alpha value is 0.467. The van der Waals surface area contributed by atoms with Crippen LogP contribution in [0.3, 0.4) is 0 Å². The van der Waals surface area contributed by atoms with Crippen LogP contribution in [-0.2, 0) is 4.43 Å². The van der Waals surface area contributed by atoms with Gasteiger partial charge in [-0.2, -0.15) is 0 Å². The van der Waals surface area contributed by atoms with Crippen molar-refractivity contribution >= 4 is 21.4 Å². The maximum Gasteiger partial charge on any atom is 0.226 e. The average Bonchev–Trinajstić information content (AvgIpc) is 1.81. The molecule has 0 amide bonds. The summed E-state index contributed by atoms with van der Waals surface area (Å²) in [5.41, 5.74) is 0. The van der Waals surface area contributed by atoms with Gasteiger partial charge in [-0.1, -0.05) is 0 Å². The van der Waals surface area contributed by atoms with Crippen LogP contribution < -0.4 is 0 Å². The number of rotatable bonds is 5. The zero-order valence-electron chi connectivity index (χ0n) is 5.11. The van der Waals surface area contributed by atoms with Crippen LogP contribution in [0.5, 0.6) is 0 Å². The van der Waals surface area contributed by atoms with Gasteiger partial charge in [0.05, 0.1) is 0 Å². The monoisotopic (exact) mass is 150 g/mol. The second-order valence-electron chi connectivity index (χ2n) is 1.45. The van der Waals surface area contributed by atoms with Gasteiger partial charge in [-0.3, -0.25) is 0 Å². The molecule has 0 atom stereocenters. The fourth-order valence-electron chi connectivity index (χ4n) is 0.371. The Bertz CT molecular complexity index is 37.4. The predicted molar refractivity (Wildman–Crippen MR) is 37.5 cm³/mol. The van der Waals surface area contributed by atoms with E-state index in [0.717, 1.165) is 25.3 Å². The van der Waals surface area contributed by atoms with Crippen LogP contribution in [0.4, 0.5) is 0 Å². The van der Waals surface area contributed by atoms with Gasteiger partial charge in [0.2, 0.25) is 9.76 Å². The van der Waals surface area contributed by atoms with Crippen molar-refractivity contribution in [2.45, 2.75) is 19.4 Å². The third-order valence-corrected chi connectivity index (χ3v) is 1.53. The maximum atomic E-state index is 5.43. The molecule has 0 saturated carbocycles. The summed E-state index contributed by atoms with van der Waals surface area (Å²) < 4.78 is 5.10. The first-order valence-electron chi connectivity index (χ1n) is 2.76. The lowest BCUT2D eigenvalue weighted by Gasteiger charge is -1.95. The van der Waals surface area contributed by atoms with E-state index in [1.807, 2.05) is 6.55 Å². The largest absolute Gasteiger partial charge is 0.418 e. The van der Waals surface area contributed by atoms with Crippen LogP contribution >= 0.6 is 11.6 Å². The lowest BCUT2D eigenvalue weighted by Crippen LogP contribution is -1.95. The summed E-state index contributed by atoms with van der Waals surface area (Å²) in [6, 6.07) is 0. The topological polar surface area (TPSA) is 9.23 Å². The van der Waals surface area contributed by atoms with E-state index < -0.39 is 0 Å². The van der Waals surface area contributed by atoms with Crippen LogP contribution in [0.25, 0.3) is 0 Å².